The van der Waals surface area contributed by atoms with Crippen LogP contribution in [0.15, 0.2) is 47.2 Å². The second-order valence-corrected chi connectivity index (χ2v) is 8.08. The number of hydrogen-bond donors (Lipinski definition) is 2. The van der Waals surface area contributed by atoms with Crippen LogP contribution < -0.4 is 10.1 Å². The van der Waals surface area contributed by atoms with Crippen molar-refractivity contribution in [2.75, 3.05) is 46.4 Å². The zero-order valence-electron chi connectivity index (χ0n) is 17.3. The van der Waals surface area contributed by atoms with Crippen LogP contribution in [0.5, 0.6) is 5.75 Å². The second kappa shape index (κ2) is 9.76. The van der Waals surface area contributed by atoms with Gasteiger partial charge in [-0.15, -0.1) is 0 Å². The van der Waals surface area contributed by atoms with Crippen molar-refractivity contribution in [2.45, 2.75) is 0 Å². The van der Waals surface area contributed by atoms with Gasteiger partial charge < -0.3 is 15.0 Å². The molecule has 0 bridgehead atoms. The number of carbonyl (C=O) groups excluding carboxylic acids is 2. The number of aromatic amines is 1. The fraction of sp³-hybridized carbons (Fsp3) is 0.318. The van der Waals surface area contributed by atoms with Gasteiger partial charge in [-0.3, -0.25) is 19.6 Å². The molecule has 2 aromatic heterocycles. The number of ether oxygens (including phenoxy) is 1. The van der Waals surface area contributed by atoms with E-state index in [0.29, 0.717) is 31.0 Å². The average molecular weight is 440 g/mol. The summed E-state index contributed by atoms with van der Waals surface area (Å²) in [6, 6.07) is 11.1. The van der Waals surface area contributed by atoms with E-state index in [9.17, 15) is 9.59 Å². The molecule has 0 saturated carbocycles. The summed E-state index contributed by atoms with van der Waals surface area (Å²) >= 11 is 1.54. The molecule has 4 rings (SSSR count). The Morgan fingerprint density at radius 2 is 2.03 bits per heavy atom. The molecule has 0 atom stereocenters. The molecule has 1 saturated heterocycles. The van der Waals surface area contributed by atoms with Gasteiger partial charge in [-0.1, -0.05) is 12.1 Å². The zero-order chi connectivity index (χ0) is 21.6. The van der Waals surface area contributed by atoms with Crippen LogP contribution in [-0.4, -0.2) is 78.2 Å². The van der Waals surface area contributed by atoms with Gasteiger partial charge in [0.25, 0.3) is 11.8 Å². The molecule has 0 radical (unpaired) electrons. The summed E-state index contributed by atoms with van der Waals surface area (Å²) in [7, 11) is 1.62. The molecule has 3 aromatic rings. The molecular weight excluding hydrogens is 414 g/mol. The number of piperazine rings is 1. The van der Waals surface area contributed by atoms with Gasteiger partial charge in [0, 0.05) is 50.2 Å². The molecule has 1 aliphatic rings. The molecule has 2 amide bonds. The number of benzene rings is 1. The Hall–Kier alpha value is -3.17. The first-order valence-electron chi connectivity index (χ1n) is 10.2. The highest BCUT2D eigenvalue weighted by Crippen LogP contribution is 2.22. The number of H-pyrrole nitrogens is 1. The van der Waals surface area contributed by atoms with Gasteiger partial charge in [0.2, 0.25) is 0 Å². The third kappa shape index (κ3) is 5.12. The molecule has 162 valence electrons. The summed E-state index contributed by atoms with van der Waals surface area (Å²) in [4.78, 5) is 29.0. The minimum absolute atomic E-state index is 0.0975. The van der Waals surface area contributed by atoms with E-state index in [1.165, 1.54) is 11.3 Å². The Morgan fingerprint density at radius 1 is 1.19 bits per heavy atom. The molecule has 9 heteroatoms. The van der Waals surface area contributed by atoms with Crippen LogP contribution in [0.3, 0.4) is 0 Å². The van der Waals surface area contributed by atoms with E-state index >= 15 is 0 Å². The second-order valence-electron chi connectivity index (χ2n) is 7.30. The molecule has 0 unspecified atom stereocenters. The minimum atomic E-state index is -0.187. The van der Waals surface area contributed by atoms with Crippen LogP contribution in [0.2, 0.25) is 0 Å². The van der Waals surface area contributed by atoms with Crippen molar-refractivity contribution in [1.82, 2.24) is 25.3 Å². The van der Waals surface area contributed by atoms with E-state index in [0.717, 1.165) is 36.5 Å². The van der Waals surface area contributed by atoms with Crippen LogP contribution in [-0.2, 0) is 0 Å². The van der Waals surface area contributed by atoms with Gasteiger partial charge in [0.05, 0.1) is 18.4 Å². The molecule has 0 aliphatic carbocycles. The molecule has 8 nitrogen and oxygen atoms in total. The first-order chi connectivity index (χ1) is 15.1. The van der Waals surface area contributed by atoms with Crippen LogP contribution in [0, 0.1) is 0 Å². The van der Waals surface area contributed by atoms with Gasteiger partial charge in [-0.2, -0.15) is 16.4 Å². The standard InChI is InChI=1S/C22H25N5O3S/c1-30-18-4-2-3-16(13-18)19-14-20(25-24-19)21(28)23-6-7-26-8-10-27(11-9-26)22(29)17-5-12-31-15-17/h2-5,12-15H,6-11H2,1H3,(H,23,28)(H,24,25). The van der Waals surface area contributed by atoms with E-state index in [2.05, 4.69) is 20.4 Å². The third-order valence-electron chi connectivity index (χ3n) is 5.33. The van der Waals surface area contributed by atoms with Crippen molar-refractivity contribution in [1.29, 1.82) is 0 Å². The summed E-state index contributed by atoms with van der Waals surface area (Å²) in [5, 5.41) is 13.8. The Labute approximate surface area is 184 Å². The highest BCUT2D eigenvalue weighted by molar-refractivity contribution is 7.08. The number of nitrogens with one attached hydrogen (secondary N) is 2. The lowest BCUT2D eigenvalue weighted by Gasteiger charge is -2.34. The van der Waals surface area contributed by atoms with Gasteiger partial charge in [0.1, 0.15) is 11.4 Å². The van der Waals surface area contributed by atoms with Crippen molar-refractivity contribution in [3.63, 3.8) is 0 Å². The fourth-order valence-electron chi connectivity index (χ4n) is 3.53. The number of nitrogens with zero attached hydrogens (tertiary/aromatic N) is 3. The van der Waals surface area contributed by atoms with Gasteiger partial charge in [-0.25, -0.2) is 0 Å². The van der Waals surface area contributed by atoms with E-state index in [1.807, 2.05) is 46.0 Å². The lowest BCUT2D eigenvalue weighted by atomic mass is 10.1. The smallest absolute Gasteiger partial charge is 0.269 e. The number of carbonyl (C=O) groups is 2. The first kappa shape index (κ1) is 21.1. The summed E-state index contributed by atoms with van der Waals surface area (Å²) in [6.07, 6.45) is 0. The van der Waals surface area contributed by atoms with Crippen LogP contribution >= 0.6 is 11.3 Å². The number of methoxy groups -OCH3 is 1. The molecule has 1 aromatic carbocycles. The quantitative estimate of drug-likeness (QED) is 0.590. The lowest BCUT2D eigenvalue weighted by Crippen LogP contribution is -2.50. The fourth-order valence-corrected chi connectivity index (χ4v) is 4.16. The maximum atomic E-state index is 12.4. The third-order valence-corrected chi connectivity index (χ3v) is 6.01. The van der Waals surface area contributed by atoms with Crippen LogP contribution in [0.1, 0.15) is 20.8 Å². The predicted octanol–water partition coefficient (Wildman–Crippen LogP) is 2.33. The number of aromatic nitrogens is 2. The van der Waals surface area contributed by atoms with E-state index in [-0.39, 0.29) is 11.8 Å². The van der Waals surface area contributed by atoms with Gasteiger partial charge in [0.15, 0.2) is 0 Å². The lowest BCUT2D eigenvalue weighted by molar-refractivity contribution is 0.0638. The average Bonchev–Trinajstić information content (AvgIpc) is 3.52. The zero-order valence-corrected chi connectivity index (χ0v) is 18.2. The number of thiophene rings is 1. The number of rotatable bonds is 7. The van der Waals surface area contributed by atoms with Crippen molar-refractivity contribution in [2.24, 2.45) is 0 Å². The normalized spacial score (nSPS) is 14.4. The van der Waals surface area contributed by atoms with Gasteiger partial charge in [-0.05, 0) is 29.6 Å². The van der Waals surface area contributed by atoms with Crippen molar-refractivity contribution < 1.29 is 14.3 Å². The van der Waals surface area contributed by atoms with Crippen molar-refractivity contribution in [3.8, 4) is 17.0 Å². The Morgan fingerprint density at radius 3 is 2.77 bits per heavy atom. The molecule has 3 heterocycles. The summed E-state index contributed by atoms with van der Waals surface area (Å²) in [5.74, 6) is 0.650. The van der Waals surface area contributed by atoms with Crippen LogP contribution in [0.25, 0.3) is 11.3 Å². The van der Waals surface area contributed by atoms with E-state index in [4.69, 9.17) is 4.74 Å². The maximum absolute atomic E-state index is 12.4. The molecule has 31 heavy (non-hydrogen) atoms. The predicted molar refractivity (Wildman–Crippen MR) is 120 cm³/mol. The molecular formula is C22H25N5O3S. The highest BCUT2D eigenvalue weighted by Gasteiger charge is 2.22. The van der Waals surface area contributed by atoms with E-state index in [1.54, 1.807) is 13.2 Å². The highest BCUT2D eigenvalue weighted by atomic mass is 32.1. The van der Waals surface area contributed by atoms with Gasteiger partial charge >= 0.3 is 0 Å². The molecule has 1 aliphatic heterocycles. The monoisotopic (exact) mass is 439 g/mol. The SMILES string of the molecule is COc1cccc(-c2cc(C(=O)NCCN3CCN(C(=O)c4ccsc4)CC3)[nH]n2)c1. The minimum Gasteiger partial charge on any atom is -0.497 e. The first-order valence-corrected chi connectivity index (χ1v) is 11.1. The van der Waals surface area contributed by atoms with Crippen molar-refractivity contribution >= 4 is 23.2 Å². The summed E-state index contributed by atoms with van der Waals surface area (Å²) in [5.41, 5.74) is 2.75. The molecule has 2 N–H and O–H groups in total. The van der Waals surface area contributed by atoms with Crippen LogP contribution in [0.4, 0.5) is 0 Å². The molecule has 1 fully saturated rings. The molecule has 0 spiro atoms. The summed E-state index contributed by atoms with van der Waals surface area (Å²) < 4.78 is 5.24. The Bertz CT molecular complexity index is 1030. The maximum Gasteiger partial charge on any atom is 0.269 e. The van der Waals surface area contributed by atoms with Crippen molar-refractivity contribution in [3.05, 3.63) is 58.4 Å². The number of amides is 2. The van der Waals surface area contributed by atoms with E-state index < -0.39 is 0 Å². The Kier molecular flexibility index (Phi) is 6.63. The largest absolute Gasteiger partial charge is 0.497 e. The number of hydrogen-bond acceptors (Lipinski definition) is 6. The summed E-state index contributed by atoms with van der Waals surface area (Å²) in [6.45, 7) is 4.28. The Balaban J connectivity index is 1.22. The topological polar surface area (TPSA) is 90.6 Å².